The Morgan fingerprint density at radius 1 is 1.29 bits per heavy atom. The molecular formula is C14H15N3O3S. The minimum atomic E-state index is -1.02. The van der Waals surface area contributed by atoms with Crippen molar-refractivity contribution in [1.82, 2.24) is 15.6 Å². The summed E-state index contributed by atoms with van der Waals surface area (Å²) in [4.78, 5) is 26.5. The molecule has 2 rings (SSSR count). The average Bonchev–Trinajstić information content (AvgIpc) is 2.88. The predicted molar refractivity (Wildman–Crippen MR) is 79.3 cm³/mol. The van der Waals surface area contributed by atoms with Gasteiger partial charge < -0.3 is 15.7 Å². The van der Waals surface area contributed by atoms with E-state index in [1.807, 2.05) is 17.7 Å². The minimum absolute atomic E-state index is 0.149. The lowest BCUT2D eigenvalue weighted by Gasteiger charge is -2.07. The summed E-state index contributed by atoms with van der Waals surface area (Å²) in [5.74, 6) is -1.02. The summed E-state index contributed by atoms with van der Waals surface area (Å²) >= 11 is 1.60. The van der Waals surface area contributed by atoms with Crippen LogP contribution in [0.25, 0.3) is 0 Å². The largest absolute Gasteiger partial charge is 0.478 e. The molecule has 0 aliphatic rings. The molecule has 0 aromatic carbocycles. The van der Waals surface area contributed by atoms with Crippen molar-refractivity contribution in [2.45, 2.75) is 20.0 Å². The zero-order valence-electron chi connectivity index (χ0n) is 11.4. The summed E-state index contributed by atoms with van der Waals surface area (Å²) in [6.45, 7) is 2.63. The summed E-state index contributed by atoms with van der Waals surface area (Å²) in [7, 11) is 0. The van der Waals surface area contributed by atoms with Gasteiger partial charge in [-0.25, -0.2) is 9.59 Å². The van der Waals surface area contributed by atoms with Gasteiger partial charge in [0.15, 0.2) is 0 Å². The van der Waals surface area contributed by atoms with Crippen LogP contribution in [0.5, 0.6) is 0 Å². The Hall–Kier alpha value is -2.41. The summed E-state index contributed by atoms with van der Waals surface area (Å²) in [6, 6.07) is 2.53. The number of aromatic carboxylic acids is 1. The fraction of sp³-hybridized carbons (Fsp3) is 0.214. The summed E-state index contributed by atoms with van der Waals surface area (Å²) < 4.78 is 0. The van der Waals surface area contributed by atoms with Crippen molar-refractivity contribution < 1.29 is 14.7 Å². The smallest absolute Gasteiger partial charge is 0.335 e. The second-order valence-corrected chi connectivity index (χ2v) is 5.20. The van der Waals surface area contributed by atoms with E-state index in [9.17, 15) is 9.59 Å². The Labute approximate surface area is 125 Å². The number of carbonyl (C=O) groups is 2. The summed E-state index contributed by atoms with van der Waals surface area (Å²) in [5.41, 5.74) is 2.88. The number of aromatic nitrogens is 1. The molecular weight excluding hydrogens is 290 g/mol. The van der Waals surface area contributed by atoms with Crippen molar-refractivity contribution in [3.05, 3.63) is 51.5 Å². The topological polar surface area (TPSA) is 91.3 Å². The number of amides is 2. The number of carboxylic acid groups (broad SMARTS) is 1. The molecule has 110 valence electrons. The van der Waals surface area contributed by atoms with E-state index in [4.69, 9.17) is 5.11 Å². The molecule has 2 amide bonds. The van der Waals surface area contributed by atoms with Crippen LogP contribution in [-0.4, -0.2) is 22.1 Å². The highest BCUT2D eigenvalue weighted by atomic mass is 32.1. The molecule has 6 nitrogen and oxygen atoms in total. The van der Waals surface area contributed by atoms with Crippen LogP contribution in [0, 0.1) is 6.92 Å². The maximum Gasteiger partial charge on any atom is 0.335 e. The van der Waals surface area contributed by atoms with E-state index < -0.39 is 5.97 Å². The molecule has 7 heteroatoms. The number of pyridine rings is 1. The highest BCUT2D eigenvalue weighted by molar-refractivity contribution is 7.08. The average molecular weight is 305 g/mol. The van der Waals surface area contributed by atoms with Crippen LogP contribution in [0.3, 0.4) is 0 Å². The van der Waals surface area contributed by atoms with Crippen LogP contribution in [-0.2, 0) is 13.1 Å². The number of carbonyl (C=O) groups excluding carboxylic acids is 1. The van der Waals surface area contributed by atoms with Gasteiger partial charge in [0.05, 0.1) is 17.8 Å². The number of rotatable bonds is 5. The Morgan fingerprint density at radius 3 is 2.71 bits per heavy atom. The third-order valence-electron chi connectivity index (χ3n) is 2.89. The first-order valence-electron chi connectivity index (χ1n) is 6.28. The van der Waals surface area contributed by atoms with Gasteiger partial charge in [-0.15, -0.1) is 0 Å². The van der Waals surface area contributed by atoms with E-state index in [0.717, 1.165) is 11.1 Å². The number of aryl methyl sites for hydroxylation is 1. The van der Waals surface area contributed by atoms with Crippen molar-refractivity contribution in [3.8, 4) is 0 Å². The first-order chi connectivity index (χ1) is 10.1. The van der Waals surface area contributed by atoms with Gasteiger partial charge in [0.2, 0.25) is 0 Å². The second kappa shape index (κ2) is 6.85. The van der Waals surface area contributed by atoms with E-state index >= 15 is 0 Å². The maximum atomic E-state index is 11.7. The summed E-state index contributed by atoms with van der Waals surface area (Å²) in [6.07, 6.45) is 1.41. The Morgan fingerprint density at radius 2 is 2.05 bits per heavy atom. The van der Waals surface area contributed by atoms with Gasteiger partial charge in [0.25, 0.3) is 0 Å². The highest BCUT2D eigenvalue weighted by Crippen LogP contribution is 2.12. The number of urea groups is 1. The van der Waals surface area contributed by atoms with Gasteiger partial charge >= 0.3 is 12.0 Å². The van der Waals surface area contributed by atoms with Crippen molar-refractivity contribution in [2.24, 2.45) is 0 Å². The molecule has 21 heavy (non-hydrogen) atoms. The molecule has 0 unspecified atom stereocenters. The van der Waals surface area contributed by atoms with Crippen LogP contribution >= 0.6 is 11.3 Å². The van der Waals surface area contributed by atoms with Gasteiger partial charge in [-0.2, -0.15) is 11.3 Å². The monoisotopic (exact) mass is 305 g/mol. The first-order valence-corrected chi connectivity index (χ1v) is 7.22. The zero-order chi connectivity index (χ0) is 15.2. The van der Waals surface area contributed by atoms with Crippen molar-refractivity contribution in [2.75, 3.05) is 0 Å². The van der Waals surface area contributed by atoms with Crippen molar-refractivity contribution in [1.29, 1.82) is 0 Å². The third-order valence-corrected chi connectivity index (χ3v) is 3.80. The molecule has 2 aromatic heterocycles. The summed E-state index contributed by atoms with van der Waals surface area (Å²) in [5, 5.41) is 18.3. The number of nitrogens with one attached hydrogen (secondary N) is 2. The van der Waals surface area contributed by atoms with E-state index in [-0.39, 0.29) is 18.1 Å². The van der Waals surface area contributed by atoms with Crippen molar-refractivity contribution >= 4 is 23.3 Å². The maximum absolute atomic E-state index is 11.7. The molecule has 0 spiro atoms. The molecule has 0 saturated heterocycles. The van der Waals surface area contributed by atoms with Crippen molar-refractivity contribution in [3.63, 3.8) is 0 Å². The number of thiophene rings is 1. The van der Waals surface area contributed by atoms with Gasteiger partial charge in [0.1, 0.15) is 0 Å². The van der Waals surface area contributed by atoms with Crippen LogP contribution in [0.4, 0.5) is 4.79 Å². The van der Waals surface area contributed by atoms with Gasteiger partial charge in [-0.3, -0.25) is 4.98 Å². The standard InChI is InChI=1S/C14H15N3O3S/c1-9-7-21-8-11(9)5-16-14(20)17-6-12-4-10(13(18)19)2-3-15-12/h2-4,7-8H,5-6H2,1H3,(H,18,19)(H2,16,17,20). The molecule has 0 fully saturated rings. The number of hydrogen-bond acceptors (Lipinski definition) is 4. The van der Waals surface area contributed by atoms with Crippen LogP contribution in [0.1, 0.15) is 27.2 Å². The third kappa shape index (κ3) is 4.28. The highest BCUT2D eigenvalue weighted by Gasteiger charge is 2.06. The van der Waals surface area contributed by atoms with E-state index in [1.54, 1.807) is 11.3 Å². The molecule has 0 radical (unpaired) electrons. The van der Waals surface area contributed by atoms with Gasteiger partial charge in [-0.1, -0.05) is 0 Å². The molecule has 0 aliphatic carbocycles. The Balaban J connectivity index is 1.82. The molecule has 2 heterocycles. The van der Waals surface area contributed by atoms with E-state index in [1.165, 1.54) is 18.3 Å². The van der Waals surface area contributed by atoms with E-state index in [2.05, 4.69) is 15.6 Å². The molecule has 0 atom stereocenters. The molecule has 0 bridgehead atoms. The fourth-order valence-electron chi connectivity index (χ4n) is 1.68. The lowest BCUT2D eigenvalue weighted by molar-refractivity contribution is 0.0696. The van der Waals surface area contributed by atoms with Crippen LogP contribution in [0.15, 0.2) is 29.1 Å². The van der Waals surface area contributed by atoms with Crippen LogP contribution < -0.4 is 10.6 Å². The van der Waals surface area contributed by atoms with E-state index in [0.29, 0.717) is 12.2 Å². The molecule has 3 N–H and O–H groups in total. The minimum Gasteiger partial charge on any atom is -0.478 e. The van der Waals surface area contributed by atoms with Gasteiger partial charge in [0, 0.05) is 12.7 Å². The second-order valence-electron chi connectivity index (χ2n) is 4.46. The first kappa shape index (κ1) is 15.0. The quantitative estimate of drug-likeness (QED) is 0.789. The lowest BCUT2D eigenvalue weighted by atomic mass is 10.2. The lowest BCUT2D eigenvalue weighted by Crippen LogP contribution is -2.34. The zero-order valence-corrected chi connectivity index (χ0v) is 12.2. The van der Waals surface area contributed by atoms with Gasteiger partial charge in [-0.05, 0) is 40.9 Å². The molecule has 0 saturated carbocycles. The van der Waals surface area contributed by atoms with Crippen LogP contribution in [0.2, 0.25) is 0 Å². The normalized spacial score (nSPS) is 10.1. The molecule has 0 aliphatic heterocycles. The Kier molecular flexibility index (Phi) is 4.89. The number of carboxylic acids is 1. The SMILES string of the molecule is Cc1cscc1CNC(=O)NCc1cc(C(=O)O)ccn1. The number of hydrogen-bond donors (Lipinski definition) is 3. The molecule has 2 aromatic rings. The Bertz CT molecular complexity index is 654. The fourth-order valence-corrected chi connectivity index (χ4v) is 2.54. The number of nitrogens with zero attached hydrogens (tertiary/aromatic N) is 1. The predicted octanol–water partition coefficient (Wildman–Crippen LogP) is 2.15.